The van der Waals surface area contributed by atoms with Crippen LogP contribution in [0.4, 0.5) is 5.82 Å². The van der Waals surface area contributed by atoms with Gasteiger partial charge in [0.15, 0.2) is 5.65 Å². The monoisotopic (exact) mass is 259 g/mol. The minimum atomic E-state index is 0.559. The molecule has 0 amide bonds. The molecule has 19 heavy (non-hydrogen) atoms. The van der Waals surface area contributed by atoms with Crippen molar-refractivity contribution in [1.82, 2.24) is 19.5 Å². The number of hydrogen-bond donors (Lipinski definition) is 1. The smallest absolute Gasteiger partial charge is 0.157 e. The maximum atomic E-state index is 4.52. The maximum absolute atomic E-state index is 4.52. The van der Waals surface area contributed by atoms with Gasteiger partial charge < -0.3 is 5.32 Å². The minimum Gasteiger partial charge on any atom is -0.368 e. The highest BCUT2D eigenvalue weighted by Crippen LogP contribution is 2.13. The molecule has 2 aromatic rings. The van der Waals surface area contributed by atoms with Crippen molar-refractivity contribution in [2.45, 2.75) is 32.2 Å². The predicted molar refractivity (Wildman–Crippen MR) is 76.4 cm³/mol. The normalized spacial score (nSPS) is 18.6. The van der Waals surface area contributed by atoms with E-state index in [-0.39, 0.29) is 0 Å². The lowest BCUT2D eigenvalue weighted by Crippen LogP contribution is -2.41. The second kappa shape index (κ2) is 5.57. The Hall–Kier alpha value is -1.62. The maximum Gasteiger partial charge on any atom is 0.157 e. The zero-order chi connectivity index (χ0) is 13.1. The summed E-state index contributed by atoms with van der Waals surface area (Å²) in [5, 5.41) is 7.58. The van der Waals surface area contributed by atoms with Crippen LogP contribution in [0.5, 0.6) is 0 Å². The molecule has 0 aromatic carbocycles. The van der Waals surface area contributed by atoms with Crippen molar-refractivity contribution in [3.63, 3.8) is 0 Å². The second-order valence-electron chi connectivity index (χ2n) is 5.27. The number of anilines is 1. The van der Waals surface area contributed by atoms with E-state index in [1.807, 2.05) is 18.3 Å². The Morgan fingerprint density at radius 3 is 2.95 bits per heavy atom. The second-order valence-corrected chi connectivity index (χ2v) is 5.27. The summed E-state index contributed by atoms with van der Waals surface area (Å²) in [6, 6.07) is 4.45. The van der Waals surface area contributed by atoms with Crippen LogP contribution in [0.2, 0.25) is 0 Å². The summed E-state index contributed by atoms with van der Waals surface area (Å²) >= 11 is 0. The van der Waals surface area contributed by atoms with Crippen molar-refractivity contribution in [1.29, 1.82) is 0 Å². The molecule has 2 aromatic heterocycles. The van der Waals surface area contributed by atoms with Crippen LogP contribution in [0.25, 0.3) is 5.65 Å². The van der Waals surface area contributed by atoms with Gasteiger partial charge in [0, 0.05) is 24.8 Å². The van der Waals surface area contributed by atoms with Gasteiger partial charge in [-0.1, -0.05) is 6.42 Å². The van der Waals surface area contributed by atoms with Crippen LogP contribution in [-0.2, 0) is 0 Å². The van der Waals surface area contributed by atoms with Crippen molar-refractivity contribution in [2.75, 3.05) is 25.0 Å². The predicted octanol–water partition coefficient (Wildman–Crippen LogP) is 2.02. The molecule has 3 heterocycles. The molecule has 0 spiro atoms. The van der Waals surface area contributed by atoms with Crippen LogP contribution in [0.3, 0.4) is 0 Å². The average molecular weight is 259 g/mol. The molecule has 1 unspecified atom stereocenters. The van der Waals surface area contributed by atoms with E-state index in [1.54, 1.807) is 10.7 Å². The molecule has 1 fully saturated rings. The summed E-state index contributed by atoms with van der Waals surface area (Å²) in [5.74, 6) is 0.928. The SMILES string of the molecule is CC(CNc1ccn2nccc2n1)N1CCCCC1. The van der Waals surface area contributed by atoms with E-state index >= 15 is 0 Å². The molecule has 1 aliphatic rings. The minimum absolute atomic E-state index is 0.559. The number of rotatable bonds is 4. The molecule has 1 saturated heterocycles. The third-order valence-corrected chi connectivity index (χ3v) is 3.85. The number of nitrogens with zero attached hydrogens (tertiary/aromatic N) is 4. The molecule has 0 radical (unpaired) electrons. The summed E-state index contributed by atoms with van der Waals surface area (Å²) in [5.41, 5.74) is 0.885. The van der Waals surface area contributed by atoms with E-state index in [1.165, 1.54) is 32.4 Å². The zero-order valence-corrected chi connectivity index (χ0v) is 11.4. The molecule has 1 atom stereocenters. The molecule has 0 aliphatic carbocycles. The zero-order valence-electron chi connectivity index (χ0n) is 11.4. The van der Waals surface area contributed by atoms with Crippen molar-refractivity contribution in [3.8, 4) is 0 Å². The molecule has 1 N–H and O–H groups in total. The highest BCUT2D eigenvalue weighted by molar-refractivity contribution is 5.45. The Balaban J connectivity index is 1.58. The van der Waals surface area contributed by atoms with Crippen LogP contribution >= 0.6 is 0 Å². The van der Waals surface area contributed by atoms with Crippen LogP contribution in [-0.4, -0.2) is 45.2 Å². The summed E-state index contributed by atoms with van der Waals surface area (Å²) in [7, 11) is 0. The largest absolute Gasteiger partial charge is 0.368 e. The number of hydrogen-bond acceptors (Lipinski definition) is 4. The van der Waals surface area contributed by atoms with Crippen LogP contribution in [0.15, 0.2) is 24.5 Å². The van der Waals surface area contributed by atoms with E-state index in [4.69, 9.17) is 0 Å². The number of nitrogens with one attached hydrogen (secondary N) is 1. The Bertz CT molecular complexity index is 529. The van der Waals surface area contributed by atoms with E-state index in [0.29, 0.717) is 6.04 Å². The van der Waals surface area contributed by atoms with Crippen LogP contribution < -0.4 is 5.32 Å². The van der Waals surface area contributed by atoms with Crippen molar-refractivity contribution in [3.05, 3.63) is 24.5 Å². The average Bonchev–Trinajstić information content (AvgIpc) is 2.93. The Kier molecular flexibility index (Phi) is 3.64. The van der Waals surface area contributed by atoms with Crippen LogP contribution in [0.1, 0.15) is 26.2 Å². The first kappa shape index (κ1) is 12.4. The highest BCUT2D eigenvalue weighted by Gasteiger charge is 2.16. The molecule has 0 bridgehead atoms. The van der Waals surface area contributed by atoms with Gasteiger partial charge >= 0.3 is 0 Å². The first-order valence-corrected chi connectivity index (χ1v) is 7.11. The lowest BCUT2D eigenvalue weighted by atomic mass is 10.1. The summed E-state index contributed by atoms with van der Waals surface area (Å²) < 4.78 is 1.78. The van der Waals surface area contributed by atoms with Crippen LogP contribution in [0, 0.1) is 0 Å². The molecule has 5 nitrogen and oxygen atoms in total. The third kappa shape index (κ3) is 2.87. The topological polar surface area (TPSA) is 45.5 Å². The molecule has 1 aliphatic heterocycles. The van der Waals surface area contributed by atoms with Gasteiger partial charge in [0.05, 0.1) is 6.20 Å². The fourth-order valence-corrected chi connectivity index (χ4v) is 2.65. The van der Waals surface area contributed by atoms with Gasteiger partial charge in [0.1, 0.15) is 5.82 Å². The van der Waals surface area contributed by atoms with E-state index in [0.717, 1.165) is 18.0 Å². The lowest BCUT2D eigenvalue weighted by Gasteiger charge is -2.32. The van der Waals surface area contributed by atoms with Crippen molar-refractivity contribution >= 4 is 11.5 Å². The van der Waals surface area contributed by atoms with Gasteiger partial charge in [0.2, 0.25) is 0 Å². The van der Waals surface area contributed by atoms with Gasteiger partial charge in [-0.05, 0) is 38.9 Å². The molecular weight excluding hydrogens is 238 g/mol. The summed E-state index contributed by atoms with van der Waals surface area (Å²) in [6.45, 7) is 5.70. The Morgan fingerprint density at radius 2 is 2.11 bits per heavy atom. The fraction of sp³-hybridized carbons (Fsp3) is 0.571. The molecular formula is C14H21N5. The van der Waals surface area contributed by atoms with Gasteiger partial charge in [-0.15, -0.1) is 0 Å². The van der Waals surface area contributed by atoms with Gasteiger partial charge in [-0.25, -0.2) is 9.50 Å². The van der Waals surface area contributed by atoms with E-state index < -0.39 is 0 Å². The summed E-state index contributed by atoms with van der Waals surface area (Å²) in [4.78, 5) is 7.09. The lowest BCUT2D eigenvalue weighted by molar-refractivity contribution is 0.180. The van der Waals surface area contributed by atoms with Crippen molar-refractivity contribution in [2.24, 2.45) is 0 Å². The third-order valence-electron chi connectivity index (χ3n) is 3.85. The standard InChI is InChI=1S/C14H21N5/c1-12(18-8-3-2-4-9-18)11-15-13-6-10-19-14(17-13)5-7-16-19/h5-7,10,12H,2-4,8-9,11H2,1H3,(H,15,17). The van der Waals surface area contributed by atoms with Crippen molar-refractivity contribution < 1.29 is 0 Å². The van der Waals surface area contributed by atoms with Gasteiger partial charge in [0.25, 0.3) is 0 Å². The van der Waals surface area contributed by atoms with Gasteiger partial charge in [-0.2, -0.15) is 5.10 Å². The molecule has 3 rings (SSSR count). The Morgan fingerprint density at radius 1 is 1.26 bits per heavy atom. The quantitative estimate of drug-likeness (QED) is 0.912. The van der Waals surface area contributed by atoms with E-state index in [2.05, 4.69) is 27.2 Å². The molecule has 5 heteroatoms. The van der Waals surface area contributed by atoms with E-state index in [9.17, 15) is 0 Å². The molecule has 0 saturated carbocycles. The first-order chi connectivity index (χ1) is 9.33. The number of piperidine rings is 1. The number of fused-ring (bicyclic) bond motifs is 1. The first-order valence-electron chi connectivity index (χ1n) is 7.11. The van der Waals surface area contributed by atoms with Gasteiger partial charge in [-0.3, -0.25) is 4.90 Å². The number of likely N-dealkylation sites (tertiary alicyclic amines) is 1. The molecule has 102 valence electrons. The summed E-state index contributed by atoms with van der Waals surface area (Å²) in [6.07, 6.45) is 7.77. The highest BCUT2D eigenvalue weighted by atomic mass is 15.2. The number of aromatic nitrogens is 3. The Labute approximate surface area is 113 Å². The fourth-order valence-electron chi connectivity index (χ4n) is 2.65.